The van der Waals surface area contributed by atoms with Gasteiger partial charge < -0.3 is 14.7 Å². The zero-order valence-corrected chi connectivity index (χ0v) is 11.0. The van der Waals surface area contributed by atoms with Crippen LogP contribution in [-0.2, 0) is 14.4 Å². The molecule has 2 rings (SSSR count). The first-order chi connectivity index (χ1) is 9.61. The molecule has 0 fully saturated rings. The summed E-state index contributed by atoms with van der Waals surface area (Å²) < 4.78 is 5.18. The lowest BCUT2D eigenvalue weighted by atomic mass is 9.94. The molecule has 1 heterocycles. The van der Waals surface area contributed by atoms with Gasteiger partial charge in [-0.2, -0.15) is 5.26 Å². The molecule has 1 aliphatic heterocycles. The molecule has 0 bridgehead atoms. The summed E-state index contributed by atoms with van der Waals surface area (Å²) in [6, 6.07) is 8.84. The highest BCUT2D eigenvalue weighted by atomic mass is 16.7. The van der Waals surface area contributed by atoms with Crippen molar-refractivity contribution in [3.8, 4) is 6.07 Å². The van der Waals surface area contributed by atoms with Crippen LogP contribution in [0.2, 0.25) is 0 Å². The fraction of sp³-hybridized carbons (Fsp3) is 0.357. The van der Waals surface area contributed by atoms with Gasteiger partial charge in [-0.3, -0.25) is 0 Å². The number of hydrogen-bond donors (Lipinski definition) is 1. The summed E-state index contributed by atoms with van der Waals surface area (Å²) in [7, 11) is 0. The van der Waals surface area contributed by atoms with Gasteiger partial charge in [0.1, 0.15) is 6.61 Å². The minimum atomic E-state index is -1.48. The second-order valence-corrected chi connectivity index (χ2v) is 4.44. The highest BCUT2D eigenvalue weighted by Gasteiger charge is 2.47. The van der Waals surface area contributed by atoms with Gasteiger partial charge in [-0.25, -0.2) is 4.79 Å². The molecule has 0 aliphatic carbocycles. The van der Waals surface area contributed by atoms with Crippen molar-refractivity contribution in [2.45, 2.75) is 18.9 Å². The van der Waals surface area contributed by atoms with Gasteiger partial charge in [0.25, 0.3) is 5.60 Å². The topological polar surface area (TPSA) is 91.9 Å². The van der Waals surface area contributed by atoms with E-state index in [1.165, 1.54) is 0 Å². The molecule has 1 aliphatic rings. The van der Waals surface area contributed by atoms with E-state index >= 15 is 0 Å². The van der Waals surface area contributed by atoms with Crippen LogP contribution < -0.4 is 0 Å². The van der Waals surface area contributed by atoms with E-state index in [9.17, 15) is 9.90 Å². The van der Waals surface area contributed by atoms with Gasteiger partial charge in [0, 0.05) is 18.6 Å². The standard InChI is InChI=1S/C14H14N2O4/c1-2-19-9-14(13(17)18)7-12(16-20-14)11-5-3-4-10(6-11)8-15/h3-6H,2,7,9H2,1H3,(H,17,18). The summed E-state index contributed by atoms with van der Waals surface area (Å²) >= 11 is 0. The molecule has 0 aromatic heterocycles. The maximum absolute atomic E-state index is 11.4. The summed E-state index contributed by atoms with van der Waals surface area (Å²) in [5.41, 5.74) is 0.198. The third-order valence-electron chi connectivity index (χ3n) is 3.04. The van der Waals surface area contributed by atoms with Crippen molar-refractivity contribution in [2.75, 3.05) is 13.2 Å². The highest BCUT2D eigenvalue weighted by molar-refractivity contribution is 6.04. The number of oxime groups is 1. The smallest absolute Gasteiger partial charge is 0.353 e. The van der Waals surface area contributed by atoms with Crippen molar-refractivity contribution in [2.24, 2.45) is 5.16 Å². The number of aliphatic carboxylic acids is 1. The number of carbonyl (C=O) groups is 1. The monoisotopic (exact) mass is 274 g/mol. The quantitative estimate of drug-likeness (QED) is 0.879. The Kier molecular flexibility index (Phi) is 4.01. The van der Waals surface area contributed by atoms with E-state index in [-0.39, 0.29) is 13.0 Å². The van der Waals surface area contributed by atoms with E-state index in [1.807, 2.05) is 6.07 Å². The molecule has 6 heteroatoms. The molecule has 1 unspecified atom stereocenters. The lowest BCUT2D eigenvalue weighted by Gasteiger charge is -2.20. The number of nitriles is 1. The first-order valence-corrected chi connectivity index (χ1v) is 6.18. The van der Waals surface area contributed by atoms with E-state index in [0.717, 1.165) is 0 Å². The second-order valence-electron chi connectivity index (χ2n) is 4.44. The van der Waals surface area contributed by atoms with Gasteiger partial charge in [0.05, 0.1) is 17.3 Å². The van der Waals surface area contributed by atoms with Crippen LogP contribution in [0.15, 0.2) is 29.4 Å². The summed E-state index contributed by atoms with van der Waals surface area (Å²) in [4.78, 5) is 16.5. The number of ether oxygens (including phenoxy) is 1. The Morgan fingerprint density at radius 2 is 2.45 bits per heavy atom. The molecular formula is C14H14N2O4. The van der Waals surface area contributed by atoms with E-state index < -0.39 is 11.6 Å². The number of benzene rings is 1. The third-order valence-corrected chi connectivity index (χ3v) is 3.04. The minimum Gasteiger partial charge on any atom is -0.478 e. The molecular weight excluding hydrogens is 260 g/mol. The maximum atomic E-state index is 11.4. The average molecular weight is 274 g/mol. The summed E-state index contributed by atoms with van der Waals surface area (Å²) in [6.45, 7) is 2.12. The number of carboxylic acid groups (broad SMARTS) is 1. The van der Waals surface area contributed by atoms with E-state index in [4.69, 9.17) is 14.8 Å². The summed E-state index contributed by atoms with van der Waals surface area (Å²) in [6.07, 6.45) is 0.108. The Balaban J connectivity index is 2.21. The Bertz CT molecular complexity index is 591. The predicted octanol–water partition coefficient (Wildman–Crippen LogP) is 1.54. The number of carboxylic acids is 1. The number of hydrogen-bond acceptors (Lipinski definition) is 5. The van der Waals surface area contributed by atoms with Gasteiger partial charge >= 0.3 is 5.97 Å². The lowest BCUT2D eigenvalue weighted by Crippen LogP contribution is -2.43. The molecule has 1 aromatic rings. The van der Waals surface area contributed by atoms with E-state index in [0.29, 0.717) is 23.4 Å². The predicted molar refractivity (Wildman–Crippen MR) is 70.3 cm³/mol. The summed E-state index contributed by atoms with van der Waals surface area (Å²) in [5, 5.41) is 22.1. The van der Waals surface area contributed by atoms with Crippen molar-refractivity contribution >= 4 is 11.7 Å². The second kappa shape index (κ2) is 5.72. The normalized spacial score (nSPS) is 20.9. The average Bonchev–Trinajstić information content (AvgIpc) is 2.91. The van der Waals surface area contributed by atoms with Crippen LogP contribution in [0, 0.1) is 11.3 Å². The maximum Gasteiger partial charge on any atom is 0.353 e. The largest absolute Gasteiger partial charge is 0.478 e. The first-order valence-electron chi connectivity index (χ1n) is 6.18. The Morgan fingerprint density at radius 1 is 1.65 bits per heavy atom. The van der Waals surface area contributed by atoms with Crippen LogP contribution in [0.3, 0.4) is 0 Å². The molecule has 1 N–H and O–H groups in total. The van der Waals surface area contributed by atoms with Gasteiger partial charge in [-0.05, 0) is 19.1 Å². The van der Waals surface area contributed by atoms with Crippen LogP contribution in [-0.4, -0.2) is 35.6 Å². The molecule has 0 radical (unpaired) electrons. The molecule has 0 spiro atoms. The molecule has 0 saturated heterocycles. The number of nitrogens with zero attached hydrogens (tertiary/aromatic N) is 2. The Morgan fingerprint density at radius 3 is 3.10 bits per heavy atom. The van der Waals surface area contributed by atoms with Crippen molar-refractivity contribution in [3.05, 3.63) is 35.4 Å². The van der Waals surface area contributed by atoms with Gasteiger partial charge in [-0.15, -0.1) is 0 Å². The van der Waals surface area contributed by atoms with Crippen LogP contribution in [0.5, 0.6) is 0 Å². The molecule has 1 aromatic carbocycles. The van der Waals surface area contributed by atoms with Crippen LogP contribution >= 0.6 is 0 Å². The van der Waals surface area contributed by atoms with Gasteiger partial charge in [0.15, 0.2) is 0 Å². The SMILES string of the molecule is CCOCC1(C(=O)O)CC(c2cccc(C#N)c2)=NO1. The molecule has 104 valence electrons. The van der Waals surface area contributed by atoms with Gasteiger partial charge in [0.2, 0.25) is 0 Å². The molecule has 20 heavy (non-hydrogen) atoms. The Labute approximate surface area is 116 Å². The molecule has 1 atom stereocenters. The molecule has 0 amide bonds. The van der Waals surface area contributed by atoms with Crippen molar-refractivity contribution in [1.29, 1.82) is 5.26 Å². The third kappa shape index (κ3) is 2.63. The van der Waals surface area contributed by atoms with E-state index in [1.54, 1.807) is 31.2 Å². The zero-order chi connectivity index (χ0) is 14.6. The van der Waals surface area contributed by atoms with Gasteiger partial charge in [-0.1, -0.05) is 17.3 Å². The minimum absolute atomic E-state index is 0.0657. The molecule has 6 nitrogen and oxygen atoms in total. The lowest BCUT2D eigenvalue weighted by molar-refractivity contribution is -0.170. The summed E-state index contributed by atoms with van der Waals surface area (Å²) in [5.74, 6) is -1.11. The van der Waals surface area contributed by atoms with Crippen molar-refractivity contribution in [3.63, 3.8) is 0 Å². The fourth-order valence-electron chi connectivity index (χ4n) is 1.92. The van der Waals surface area contributed by atoms with Crippen molar-refractivity contribution in [1.82, 2.24) is 0 Å². The van der Waals surface area contributed by atoms with E-state index in [2.05, 4.69) is 5.16 Å². The molecule has 0 saturated carbocycles. The fourth-order valence-corrected chi connectivity index (χ4v) is 1.92. The number of rotatable bonds is 5. The van der Waals surface area contributed by atoms with Crippen LogP contribution in [0.4, 0.5) is 0 Å². The van der Waals surface area contributed by atoms with Crippen LogP contribution in [0.1, 0.15) is 24.5 Å². The first kappa shape index (κ1) is 14.0. The zero-order valence-electron chi connectivity index (χ0n) is 11.0. The van der Waals surface area contributed by atoms with Crippen LogP contribution in [0.25, 0.3) is 0 Å². The van der Waals surface area contributed by atoms with Crippen molar-refractivity contribution < 1.29 is 19.5 Å². The Hall–Kier alpha value is -2.39. The highest BCUT2D eigenvalue weighted by Crippen LogP contribution is 2.28.